The van der Waals surface area contributed by atoms with Gasteiger partial charge < -0.3 is 19.1 Å². The number of esters is 1. The fourth-order valence-corrected chi connectivity index (χ4v) is 2.66. The molecular weight excluding hydrogens is 358 g/mol. The van der Waals surface area contributed by atoms with Crippen molar-refractivity contribution in [1.29, 1.82) is 0 Å². The Balaban J connectivity index is 1.88. The van der Waals surface area contributed by atoms with Gasteiger partial charge in [-0.15, -0.1) is 0 Å². The highest BCUT2D eigenvalue weighted by atomic mass is 16.5. The van der Waals surface area contributed by atoms with Gasteiger partial charge in [-0.3, -0.25) is 9.59 Å². The van der Waals surface area contributed by atoms with Crippen LogP contribution in [0.2, 0.25) is 0 Å². The summed E-state index contributed by atoms with van der Waals surface area (Å²) in [6.07, 6.45) is 1.12. The lowest BCUT2D eigenvalue weighted by Crippen LogP contribution is -2.32. The van der Waals surface area contributed by atoms with Gasteiger partial charge in [-0.2, -0.15) is 0 Å². The van der Waals surface area contributed by atoms with Crippen molar-refractivity contribution in [1.82, 2.24) is 4.90 Å². The second-order valence-electron chi connectivity index (χ2n) is 6.25. The second-order valence-corrected chi connectivity index (χ2v) is 6.25. The van der Waals surface area contributed by atoms with Crippen LogP contribution in [0.25, 0.3) is 0 Å². The first-order valence-electron chi connectivity index (χ1n) is 9.27. The summed E-state index contributed by atoms with van der Waals surface area (Å²) in [5, 5.41) is 0. The van der Waals surface area contributed by atoms with Gasteiger partial charge in [0.05, 0.1) is 27.2 Å². The average molecular weight is 385 g/mol. The van der Waals surface area contributed by atoms with Gasteiger partial charge in [0.15, 0.2) is 0 Å². The minimum Gasteiger partial charge on any atom is -0.497 e. The molecule has 0 aliphatic rings. The minimum atomic E-state index is -0.333. The first-order chi connectivity index (χ1) is 13.6. The number of amides is 1. The highest BCUT2D eigenvalue weighted by Crippen LogP contribution is 2.15. The average Bonchev–Trinajstić information content (AvgIpc) is 2.74. The normalized spacial score (nSPS) is 10.2. The van der Waals surface area contributed by atoms with E-state index >= 15 is 0 Å². The monoisotopic (exact) mass is 385 g/mol. The molecule has 2 rings (SSSR count). The number of hydrogen-bond donors (Lipinski definition) is 0. The van der Waals surface area contributed by atoms with Crippen LogP contribution in [0.1, 0.15) is 24.8 Å². The van der Waals surface area contributed by atoms with Gasteiger partial charge in [0.25, 0.3) is 0 Å². The van der Waals surface area contributed by atoms with E-state index in [1.54, 1.807) is 12.0 Å². The van der Waals surface area contributed by atoms with Crippen LogP contribution in [0.4, 0.5) is 0 Å². The molecular formula is C22H27NO5. The van der Waals surface area contributed by atoms with Crippen LogP contribution in [-0.4, -0.2) is 44.1 Å². The third-order valence-electron chi connectivity index (χ3n) is 4.25. The molecule has 0 aliphatic heterocycles. The molecule has 28 heavy (non-hydrogen) atoms. The molecule has 2 aromatic rings. The van der Waals surface area contributed by atoms with Gasteiger partial charge in [0.1, 0.15) is 11.5 Å². The highest BCUT2D eigenvalue weighted by Gasteiger charge is 2.16. The van der Waals surface area contributed by atoms with Gasteiger partial charge in [-0.25, -0.2) is 0 Å². The van der Waals surface area contributed by atoms with Gasteiger partial charge in [0, 0.05) is 19.5 Å². The molecule has 0 saturated carbocycles. The summed E-state index contributed by atoms with van der Waals surface area (Å²) in [5.41, 5.74) is 0.972. The van der Waals surface area contributed by atoms with E-state index in [4.69, 9.17) is 14.2 Å². The van der Waals surface area contributed by atoms with Crippen molar-refractivity contribution in [3.8, 4) is 11.5 Å². The molecule has 0 fully saturated rings. The summed E-state index contributed by atoms with van der Waals surface area (Å²) in [4.78, 5) is 25.9. The highest BCUT2D eigenvalue weighted by molar-refractivity contribution is 5.77. The molecule has 150 valence electrons. The number of carbonyl (C=O) groups is 2. The molecule has 0 spiro atoms. The second kappa shape index (κ2) is 11.6. The molecule has 2 aromatic carbocycles. The predicted octanol–water partition coefficient (Wildman–Crippen LogP) is 3.45. The minimum absolute atomic E-state index is 0.0172. The first-order valence-corrected chi connectivity index (χ1v) is 9.27. The maximum absolute atomic E-state index is 12.7. The summed E-state index contributed by atoms with van der Waals surface area (Å²) in [7, 11) is 2.96. The number of nitrogens with zero attached hydrogens (tertiary/aromatic N) is 1. The van der Waals surface area contributed by atoms with E-state index in [1.165, 1.54) is 7.11 Å². The van der Waals surface area contributed by atoms with Crippen molar-refractivity contribution >= 4 is 11.9 Å². The Hall–Kier alpha value is -3.02. The van der Waals surface area contributed by atoms with E-state index in [0.717, 1.165) is 17.1 Å². The summed E-state index contributed by atoms with van der Waals surface area (Å²) in [6.45, 7) is 1.21. The van der Waals surface area contributed by atoms with E-state index in [1.807, 2.05) is 54.6 Å². The van der Waals surface area contributed by atoms with Crippen LogP contribution in [0.15, 0.2) is 54.6 Å². The lowest BCUT2D eigenvalue weighted by molar-refractivity contribution is -0.142. The summed E-state index contributed by atoms with van der Waals surface area (Å²) in [6, 6.07) is 17.0. The largest absolute Gasteiger partial charge is 0.497 e. The van der Waals surface area contributed by atoms with Crippen LogP contribution in [0, 0.1) is 0 Å². The lowest BCUT2D eigenvalue weighted by atomic mass is 10.2. The van der Waals surface area contributed by atoms with Gasteiger partial charge >= 0.3 is 5.97 Å². The van der Waals surface area contributed by atoms with Crippen LogP contribution in [-0.2, 0) is 20.9 Å². The first kappa shape index (κ1) is 21.3. The zero-order chi connectivity index (χ0) is 20.2. The molecule has 0 unspecified atom stereocenters. The number of rotatable bonds is 11. The number of benzene rings is 2. The SMILES string of the molecule is COC(=O)CCN(Cc1ccc(OC)cc1)C(=O)CCCOc1ccccc1. The summed E-state index contributed by atoms with van der Waals surface area (Å²) < 4.78 is 15.5. The summed E-state index contributed by atoms with van der Waals surface area (Å²) in [5.74, 6) is 1.20. The van der Waals surface area contributed by atoms with Crippen LogP contribution < -0.4 is 9.47 Å². The van der Waals surface area contributed by atoms with Crippen molar-refractivity contribution in [2.24, 2.45) is 0 Å². The van der Waals surface area contributed by atoms with Gasteiger partial charge in [0.2, 0.25) is 5.91 Å². The number of hydrogen-bond acceptors (Lipinski definition) is 5. The molecule has 0 aromatic heterocycles. The van der Waals surface area contributed by atoms with E-state index in [0.29, 0.717) is 32.5 Å². The third kappa shape index (κ3) is 7.31. The smallest absolute Gasteiger partial charge is 0.307 e. The zero-order valence-electron chi connectivity index (χ0n) is 16.4. The molecule has 6 nitrogen and oxygen atoms in total. The summed E-state index contributed by atoms with van der Waals surface area (Å²) >= 11 is 0. The molecule has 6 heteroatoms. The number of carbonyl (C=O) groups excluding carboxylic acids is 2. The predicted molar refractivity (Wildman–Crippen MR) is 106 cm³/mol. The number of methoxy groups -OCH3 is 2. The van der Waals surface area contributed by atoms with E-state index < -0.39 is 0 Å². The molecule has 1 amide bonds. The Morgan fingerprint density at radius 1 is 0.893 bits per heavy atom. The van der Waals surface area contributed by atoms with Gasteiger partial charge in [-0.1, -0.05) is 30.3 Å². The molecule has 0 N–H and O–H groups in total. The Morgan fingerprint density at radius 3 is 2.25 bits per heavy atom. The van der Waals surface area contributed by atoms with Crippen molar-refractivity contribution < 1.29 is 23.8 Å². The third-order valence-corrected chi connectivity index (χ3v) is 4.25. The fraction of sp³-hybridized carbons (Fsp3) is 0.364. The molecule has 0 radical (unpaired) electrons. The Bertz CT molecular complexity index is 730. The van der Waals surface area contributed by atoms with Crippen molar-refractivity contribution in [3.63, 3.8) is 0 Å². The molecule has 0 heterocycles. The zero-order valence-corrected chi connectivity index (χ0v) is 16.4. The van der Waals surface area contributed by atoms with Crippen molar-refractivity contribution in [2.75, 3.05) is 27.4 Å². The van der Waals surface area contributed by atoms with E-state index in [2.05, 4.69) is 0 Å². The standard InChI is InChI=1S/C22H27NO5/c1-26-19-12-10-18(11-13-19)17-23(15-14-22(25)27-2)21(24)9-6-16-28-20-7-4-3-5-8-20/h3-5,7-8,10-13H,6,9,14-17H2,1-2H3. The molecule has 0 atom stereocenters. The van der Waals surface area contributed by atoms with Crippen LogP contribution in [0.3, 0.4) is 0 Å². The van der Waals surface area contributed by atoms with Crippen LogP contribution >= 0.6 is 0 Å². The fourth-order valence-electron chi connectivity index (χ4n) is 2.66. The number of ether oxygens (including phenoxy) is 3. The van der Waals surface area contributed by atoms with Crippen molar-refractivity contribution in [3.05, 3.63) is 60.2 Å². The quantitative estimate of drug-likeness (QED) is 0.438. The maximum Gasteiger partial charge on any atom is 0.307 e. The Morgan fingerprint density at radius 2 is 1.61 bits per heavy atom. The lowest BCUT2D eigenvalue weighted by Gasteiger charge is -2.22. The van der Waals surface area contributed by atoms with Gasteiger partial charge in [-0.05, 0) is 36.2 Å². The molecule has 0 saturated heterocycles. The number of para-hydroxylation sites is 1. The Kier molecular flexibility index (Phi) is 8.85. The van der Waals surface area contributed by atoms with E-state index in [9.17, 15) is 9.59 Å². The van der Waals surface area contributed by atoms with Crippen LogP contribution in [0.5, 0.6) is 11.5 Å². The van der Waals surface area contributed by atoms with E-state index in [-0.39, 0.29) is 18.3 Å². The Labute approximate surface area is 166 Å². The molecule has 0 bridgehead atoms. The maximum atomic E-state index is 12.7. The topological polar surface area (TPSA) is 65.1 Å². The molecule has 0 aliphatic carbocycles. The van der Waals surface area contributed by atoms with Crippen molar-refractivity contribution in [2.45, 2.75) is 25.8 Å².